The van der Waals surface area contributed by atoms with E-state index in [1.165, 1.54) is 49.0 Å². The maximum absolute atomic E-state index is 12.4. The largest absolute Gasteiger partial charge is 0.453 e. The minimum atomic E-state index is -0.441. The van der Waals surface area contributed by atoms with Crippen molar-refractivity contribution in [2.75, 3.05) is 6.61 Å². The Bertz CT molecular complexity index is 916. The number of ketones is 1. The predicted molar refractivity (Wildman–Crippen MR) is 109 cm³/mol. The van der Waals surface area contributed by atoms with Gasteiger partial charge < -0.3 is 4.74 Å². The van der Waals surface area contributed by atoms with Gasteiger partial charge in [-0.3, -0.25) is 4.79 Å². The van der Waals surface area contributed by atoms with E-state index < -0.39 is 5.97 Å². The van der Waals surface area contributed by atoms with E-state index in [1.54, 1.807) is 0 Å². The van der Waals surface area contributed by atoms with Crippen LogP contribution in [0.2, 0.25) is 0 Å². The van der Waals surface area contributed by atoms with E-state index in [1.807, 2.05) is 42.5 Å². The minimum absolute atomic E-state index is 0.167. The van der Waals surface area contributed by atoms with Crippen LogP contribution in [0.25, 0.3) is 10.1 Å². The van der Waals surface area contributed by atoms with E-state index in [-0.39, 0.29) is 12.4 Å². The summed E-state index contributed by atoms with van der Waals surface area (Å²) in [4.78, 5) is 25.1. The summed E-state index contributed by atoms with van der Waals surface area (Å²) in [5.74, 6) is 0.0109. The van der Waals surface area contributed by atoms with Crippen molar-refractivity contribution in [1.82, 2.24) is 0 Å². The van der Waals surface area contributed by atoms with Crippen molar-refractivity contribution < 1.29 is 14.3 Å². The number of hydrogen-bond donors (Lipinski definition) is 0. The fraction of sp³-hybridized carbons (Fsp3) is 0.304. The van der Waals surface area contributed by atoms with Crippen LogP contribution in [-0.4, -0.2) is 18.4 Å². The lowest BCUT2D eigenvalue weighted by Crippen LogP contribution is -2.13. The van der Waals surface area contributed by atoms with E-state index >= 15 is 0 Å². The molecular weight excluding hydrogens is 356 g/mol. The fourth-order valence-electron chi connectivity index (χ4n) is 3.75. The monoisotopic (exact) mass is 378 g/mol. The number of hydrogen-bond acceptors (Lipinski definition) is 4. The van der Waals surface area contributed by atoms with Gasteiger partial charge in [-0.2, -0.15) is 0 Å². The standard InChI is InChI=1S/C23H22O3S/c24-20(18-12-10-17(11-13-18)16-6-2-1-3-7-16)15-26-23(25)22-14-19-8-4-5-9-21(19)27-22/h4-5,8-14,16H,1-3,6-7,15H2. The quantitative estimate of drug-likeness (QED) is 0.405. The van der Waals surface area contributed by atoms with Crippen molar-refractivity contribution in [2.24, 2.45) is 0 Å². The molecule has 0 atom stereocenters. The lowest BCUT2D eigenvalue weighted by atomic mass is 9.84. The molecule has 3 aromatic rings. The average molecular weight is 378 g/mol. The normalized spacial score (nSPS) is 15.0. The molecule has 4 rings (SSSR count). The molecule has 1 aliphatic carbocycles. The first-order chi connectivity index (χ1) is 13.2. The molecule has 0 bridgehead atoms. The van der Waals surface area contributed by atoms with E-state index in [0.29, 0.717) is 16.4 Å². The fourth-order valence-corrected chi connectivity index (χ4v) is 4.70. The Labute approximate surface area is 163 Å². The Kier molecular flexibility index (Phi) is 5.35. The lowest BCUT2D eigenvalue weighted by molar-refractivity contribution is 0.0479. The summed E-state index contributed by atoms with van der Waals surface area (Å²) in [5.41, 5.74) is 1.91. The van der Waals surface area contributed by atoms with Gasteiger partial charge in [-0.05, 0) is 41.8 Å². The second kappa shape index (κ2) is 8.05. The highest BCUT2D eigenvalue weighted by Crippen LogP contribution is 2.32. The Morgan fingerprint density at radius 3 is 2.44 bits per heavy atom. The Hall–Kier alpha value is -2.46. The molecule has 1 heterocycles. The molecule has 1 aliphatic rings. The third-order valence-corrected chi connectivity index (χ3v) is 6.37. The SMILES string of the molecule is O=C(COC(=O)c1cc2ccccc2s1)c1ccc(C2CCCCC2)cc1. The summed E-state index contributed by atoms with van der Waals surface area (Å²) < 4.78 is 6.28. The second-order valence-corrected chi connectivity index (χ2v) is 8.19. The summed E-state index contributed by atoms with van der Waals surface area (Å²) >= 11 is 1.38. The van der Waals surface area contributed by atoms with Gasteiger partial charge in [0.05, 0.1) is 0 Å². The number of esters is 1. The van der Waals surface area contributed by atoms with Crippen molar-refractivity contribution in [3.63, 3.8) is 0 Å². The minimum Gasteiger partial charge on any atom is -0.453 e. The molecule has 0 spiro atoms. The highest BCUT2D eigenvalue weighted by molar-refractivity contribution is 7.20. The molecule has 1 saturated carbocycles. The highest BCUT2D eigenvalue weighted by Gasteiger charge is 2.17. The van der Waals surface area contributed by atoms with Crippen molar-refractivity contribution in [1.29, 1.82) is 0 Å². The smallest absolute Gasteiger partial charge is 0.348 e. The first-order valence-electron chi connectivity index (χ1n) is 9.49. The Balaban J connectivity index is 1.36. The molecule has 0 radical (unpaired) electrons. The van der Waals surface area contributed by atoms with Gasteiger partial charge in [0.25, 0.3) is 0 Å². The van der Waals surface area contributed by atoms with Crippen LogP contribution in [0.15, 0.2) is 54.6 Å². The Morgan fingerprint density at radius 1 is 0.963 bits per heavy atom. The molecule has 3 nitrogen and oxygen atoms in total. The van der Waals surface area contributed by atoms with E-state index in [0.717, 1.165) is 10.1 Å². The van der Waals surface area contributed by atoms with Gasteiger partial charge in [0.2, 0.25) is 0 Å². The maximum atomic E-state index is 12.4. The van der Waals surface area contributed by atoms with Crippen LogP contribution in [0.4, 0.5) is 0 Å². The number of ether oxygens (including phenoxy) is 1. The zero-order valence-electron chi connectivity index (χ0n) is 15.1. The number of carbonyl (C=O) groups is 2. The molecule has 0 amide bonds. The first kappa shape index (κ1) is 17.9. The topological polar surface area (TPSA) is 43.4 Å². The van der Waals surface area contributed by atoms with E-state index in [4.69, 9.17) is 4.74 Å². The summed E-state index contributed by atoms with van der Waals surface area (Å²) in [6, 6.07) is 17.4. The third kappa shape index (κ3) is 4.11. The van der Waals surface area contributed by atoms with Gasteiger partial charge in [0, 0.05) is 10.3 Å². The van der Waals surface area contributed by atoms with Crippen LogP contribution in [0.3, 0.4) is 0 Å². The number of carbonyl (C=O) groups excluding carboxylic acids is 2. The Morgan fingerprint density at radius 2 is 1.70 bits per heavy atom. The van der Waals surface area contributed by atoms with E-state index in [9.17, 15) is 9.59 Å². The van der Waals surface area contributed by atoms with E-state index in [2.05, 4.69) is 12.1 Å². The van der Waals surface area contributed by atoms with Gasteiger partial charge in [-0.25, -0.2) is 4.79 Å². The first-order valence-corrected chi connectivity index (χ1v) is 10.3. The zero-order valence-corrected chi connectivity index (χ0v) is 16.0. The van der Waals surface area contributed by atoms with Crippen LogP contribution < -0.4 is 0 Å². The molecule has 138 valence electrons. The molecule has 4 heteroatoms. The van der Waals surface area contributed by atoms with Crippen molar-refractivity contribution >= 4 is 33.2 Å². The second-order valence-electron chi connectivity index (χ2n) is 7.10. The summed E-state index contributed by atoms with van der Waals surface area (Å²) in [6.45, 7) is -0.226. The van der Waals surface area contributed by atoms with Crippen molar-refractivity contribution in [3.8, 4) is 0 Å². The van der Waals surface area contributed by atoms with Gasteiger partial charge in [-0.15, -0.1) is 11.3 Å². The number of benzene rings is 2. The predicted octanol–water partition coefficient (Wildman–Crippen LogP) is 5.99. The van der Waals surface area contributed by atoms with Crippen molar-refractivity contribution in [3.05, 3.63) is 70.6 Å². The molecule has 2 aromatic carbocycles. The van der Waals surface area contributed by atoms with Crippen LogP contribution in [0, 0.1) is 0 Å². The average Bonchev–Trinajstić information content (AvgIpc) is 3.17. The molecule has 0 N–H and O–H groups in total. The number of rotatable bonds is 5. The molecule has 1 fully saturated rings. The number of Topliss-reactive ketones (excluding diaryl/α,β-unsaturated/α-hetero) is 1. The zero-order chi connectivity index (χ0) is 18.6. The molecule has 1 aromatic heterocycles. The maximum Gasteiger partial charge on any atom is 0.348 e. The highest BCUT2D eigenvalue weighted by atomic mass is 32.1. The third-order valence-electron chi connectivity index (χ3n) is 5.27. The van der Waals surface area contributed by atoms with Crippen LogP contribution in [-0.2, 0) is 4.74 Å². The summed E-state index contributed by atoms with van der Waals surface area (Å²) in [6.07, 6.45) is 6.39. The van der Waals surface area contributed by atoms with Crippen LogP contribution in [0.5, 0.6) is 0 Å². The summed E-state index contributed by atoms with van der Waals surface area (Å²) in [7, 11) is 0. The van der Waals surface area contributed by atoms with Gasteiger partial charge >= 0.3 is 5.97 Å². The van der Waals surface area contributed by atoms with Gasteiger partial charge in [0.1, 0.15) is 4.88 Å². The number of thiophene rings is 1. The molecule has 27 heavy (non-hydrogen) atoms. The molecule has 0 saturated heterocycles. The lowest BCUT2D eigenvalue weighted by Gasteiger charge is -2.22. The van der Waals surface area contributed by atoms with Gasteiger partial charge in [-0.1, -0.05) is 61.7 Å². The summed E-state index contributed by atoms with van der Waals surface area (Å²) in [5, 5.41) is 1.01. The molecule has 0 unspecified atom stereocenters. The van der Waals surface area contributed by atoms with Crippen LogP contribution in [0.1, 0.15) is 63.6 Å². The molecule has 0 aliphatic heterocycles. The van der Waals surface area contributed by atoms with Crippen molar-refractivity contribution in [2.45, 2.75) is 38.0 Å². The number of fused-ring (bicyclic) bond motifs is 1. The van der Waals surface area contributed by atoms with Gasteiger partial charge in [0.15, 0.2) is 12.4 Å². The molecular formula is C23H22O3S. The van der Waals surface area contributed by atoms with Crippen LogP contribution >= 0.6 is 11.3 Å².